The molecule has 1 fully saturated rings. The lowest BCUT2D eigenvalue weighted by Crippen LogP contribution is -2.29. The van der Waals surface area contributed by atoms with Crippen molar-refractivity contribution in [2.24, 2.45) is 0 Å². The molecule has 5 nitrogen and oxygen atoms in total. The number of aromatic nitrogens is 1. The third-order valence-corrected chi connectivity index (χ3v) is 7.07. The highest BCUT2D eigenvalue weighted by Crippen LogP contribution is 2.44. The highest BCUT2D eigenvalue weighted by molar-refractivity contribution is 7.22. The molecule has 1 atom stereocenters. The number of carbonyl (C=O) groups excluding carboxylic acids is 2. The summed E-state index contributed by atoms with van der Waals surface area (Å²) < 4.78 is 14.6. The van der Waals surface area contributed by atoms with Gasteiger partial charge < -0.3 is 5.11 Å². The monoisotopic (exact) mass is 492 g/mol. The van der Waals surface area contributed by atoms with Crippen LogP contribution < -0.4 is 4.90 Å². The number of amides is 1. The van der Waals surface area contributed by atoms with Gasteiger partial charge in [0, 0.05) is 10.6 Å². The number of carbonyl (C=O) groups is 2. The van der Waals surface area contributed by atoms with Crippen molar-refractivity contribution in [3.8, 4) is 0 Å². The molecule has 170 valence electrons. The Bertz CT molecular complexity index is 1460. The van der Waals surface area contributed by atoms with Crippen LogP contribution >= 0.6 is 22.9 Å². The SMILES string of the molecule is CCc1ccc2nc(N3C(=O)C(=O)/C(=C(/O)c4ccc(Cl)cc4)[C@H]3c3ccc(F)cc3)sc2c1. The molecule has 0 radical (unpaired) electrons. The minimum atomic E-state index is -0.970. The van der Waals surface area contributed by atoms with Gasteiger partial charge in [-0.2, -0.15) is 0 Å². The molecule has 2 heterocycles. The predicted octanol–water partition coefficient (Wildman–Crippen LogP) is 6.28. The van der Waals surface area contributed by atoms with Crippen LogP contribution in [0, 0.1) is 5.82 Å². The van der Waals surface area contributed by atoms with E-state index in [-0.39, 0.29) is 11.3 Å². The van der Waals surface area contributed by atoms with Gasteiger partial charge in [-0.1, -0.05) is 48.1 Å². The number of nitrogens with zero attached hydrogens (tertiary/aromatic N) is 2. The van der Waals surface area contributed by atoms with Crippen LogP contribution in [0.3, 0.4) is 0 Å². The molecule has 0 aliphatic carbocycles. The zero-order valence-corrected chi connectivity index (χ0v) is 19.5. The maximum absolute atomic E-state index is 13.7. The Morgan fingerprint density at radius 2 is 1.79 bits per heavy atom. The van der Waals surface area contributed by atoms with E-state index in [0.717, 1.165) is 16.7 Å². The van der Waals surface area contributed by atoms with Crippen LogP contribution in [0.2, 0.25) is 5.02 Å². The number of aliphatic hydroxyl groups is 1. The fourth-order valence-corrected chi connectivity index (χ4v) is 5.22. The van der Waals surface area contributed by atoms with Crippen LogP contribution in [-0.4, -0.2) is 21.8 Å². The molecule has 0 unspecified atom stereocenters. The molecular formula is C26H18ClFN2O3S. The summed E-state index contributed by atoms with van der Waals surface area (Å²) in [5.41, 5.74) is 2.56. The van der Waals surface area contributed by atoms with Crippen LogP contribution in [0.4, 0.5) is 9.52 Å². The summed E-state index contributed by atoms with van der Waals surface area (Å²) in [6.07, 6.45) is 0.852. The van der Waals surface area contributed by atoms with E-state index < -0.39 is 23.5 Å². The molecule has 34 heavy (non-hydrogen) atoms. The third kappa shape index (κ3) is 3.77. The second-order valence-corrected chi connectivity index (χ2v) is 9.33. The van der Waals surface area contributed by atoms with Crippen molar-refractivity contribution in [2.75, 3.05) is 4.90 Å². The second-order valence-electron chi connectivity index (χ2n) is 7.88. The Labute approximate surface area is 203 Å². The van der Waals surface area contributed by atoms with Gasteiger partial charge in [-0.3, -0.25) is 14.5 Å². The van der Waals surface area contributed by atoms with E-state index >= 15 is 0 Å². The second kappa shape index (κ2) is 8.66. The molecule has 1 amide bonds. The summed E-state index contributed by atoms with van der Waals surface area (Å²) in [6, 6.07) is 16.7. The van der Waals surface area contributed by atoms with E-state index in [1.807, 2.05) is 25.1 Å². The standard InChI is InChI=1S/C26H18ClFN2O3S/c1-2-14-3-12-19-20(13-14)34-26(29-19)30-22(15-6-10-18(28)11-7-15)21(24(32)25(30)33)23(31)16-4-8-17(27)9-5-16/h3-13,22,31H,2H2,1H3/b23-21+/t22-/m1/s1. The van der Waals surface area contributed by atoms with Gasteiger partial charge in [-0.05, 0) is 66.1 Å². The van der Waals surface area contributed by atoms with Crippen molar-refractivity contribution >= 4 is 55.7 Å². The maximum atomic E-state index is 13.7. The zero-order chi connectivity index (χ0) is 24.0. The fourth-order valence-electron chi connectivity index (χ4n) is 4.03. The highest BCUT2D eigenvalue weighted by Gasteiger charge is 2.48. The average molecular weight is 493 g/mol. The molecule has 8 heteroatoms. The van der Waals surface area contributed by atoms with E-state index in [0.29, 0.717) is 26.8 Å². The minimum Gasteiger partial charge on any atom is -0.507 e. The number of Topliss-reactive ketones (excluding diaryl/α,β-unsaturated/α-hetero) is 1. The van der Waals surface area contributed by atoms with E-state index in [9.17, 15) is 19.1 Å². The number of fused-ring (bicyclic) bond motifs is 1. The van der Waals surface area contributed by atoms with E-state index in [2.05, 4.69) is 4.98 Å². The summed E-state index contributed by atoms with van der Waals surface area (Å²) in [5.74, 6) is -2.43. The molecule has 4 aromatic rings. The molecule has 1 saturated heterocycles. The Morgan fingerprint density at radius 1 is 1.09 bits per heavy atom. The molecule has 1 aliphatic heterocycles. The molecule has 0 bridgehead atoms. The lowest BCUT2D eigenvalue weighted by molar-refractivity contribution is -0.132. The molecule has 5 rings (SSSR count). The van der Waals surface area contributed by atoms with Crippen molar-refractivity contribution < 1.29 is 19.1 Å². The van der Waals surface area contributed by atoms with Crippen LogP contribution in [0.1, 0.15) is 29.7 Å². The van der Waals surface area contributed by atoms with Crippen LogP contribution in [0.15, 0.2) is 72.3 Å². The summed E-state index contributed by atoms with van der Waals surface area (Å²) >= 11 is 7.25. The minimum absolute atomic E-state index is 0.0903. The van der Waals surface area contributed by atoms with Crippen LogP contribution in [0.25, 0.3) is 16.0 Å². The Morgan fingerprint density at radius 3 is 2.47 bits per heavy atom. The Kier molecular flexibility index (Phi) is 5.67. The third-order valence-electron chi connectivity index (χ3n) is 5.80. The van der Waals surface area contributed by atoms with Crippen molar-refractivity contribution in [3.05, 3.63) is 99.8 Å². The zero-order valence-electron chi connectivity index (χ0n) is 18.0. The molecule has 1 N–H and O–H groups in total. The first kappa shape index (κ1) is 22.3. The molecule has 1 aliphatic rings. The van der Waals surface area contributed by atoms with Gasteiger partial charge in [0.05, 0.1) is 21.8 Å². The first-order valence-corrected chi connectivity index (χ1v) is 11.8. The number of aliphatic hydroxyl groups excluding tert-OH is 1. The Balaban J connectivity index is 1.71. The van der Waals surface area contributed by atoms with Gasteiger partial charge in [0.25, 0.3) is 5.78 Å². The average Bonchev–Trinajstić information content (AvgIpc) is 3.37. The number of ketones is 1. The van der Waals surface area contributed by atoms with E-state index in [1.165, 1.54) is 40.5 Å². The van der Waals surface area contributed by atoms with Gasteiger partial charge in [0.1, 0.15) is 11.6 Å². The van der Waals surface area contributed by atoms with Crippen molar-refractivity contribution in [1.29, 1.82) is 0 Å². The fraction of sp³-hybridized carbons (Fsp3) is 0.115. The molecule has 3 aromatic carbocycles. The summed E-state index contributed by atoms with van der Waals surface area (Å²) in [7, 11) is 0. The highest BCUT2D eigenvalue weighted by atomic mass is 35.5. The quantitative estimate of drug-likeness (QED) is 0.207. The molecule has 0 saturated carbocycles. The number of thiazole rings is 1. The largest absolute Gasteiger partial charge is 0.507 e. The predicted molar refractivity (Wildman–Crippen MR) is 132 cm³/mol. The smallest absolute Gasteiger partial charge is 0.301 e. The molecular weight excluding hydrogens is 475 g/mol. The normalized spacial score (nSPS) is 17.6. The lowest BCUT2D eigenvalue weighted by atomic mass is 9.95. The van der Waals surface area contributed by atoms with Crippen LogP contribution in [0.5, 0.6) is 0 Å². The summed E-state index contributed by atoms with van der Waals surface area (Å²) in [4.78, 5) is 32.4. The van der Waals surface area contributed by atoms with Crippen molar-refractivity contribution in [3.63, 3.8) is 0 Å². The van der Waals surface area contributed by atoms with Gasteiger partial charge in [-0.15, -0.1) is 0 Å². The topological polar surface area (TPSA) is 70.5 Å². The van der Waals surface area contributed by atoms with Crippen molar-refractivity contribution in [1.82, 2.24) is 4.98 Å². The number of hydrogen-bond acceptors (Lipinski definition) is 5. The van der Waals surface area contributed by atoms with E-state index in [1.54, 1.807) is 24.3 Å². The summed E-state index contributed by atoms with van der Waals surface area (Å²) in [6.45, 7) is 2.05. The number of aryl methyl sites for hydroxylation is 1. The van der Waals surface area contributed by atoms with Gasteiger partial charge in [-0.25, -0.2) is 9.37 Å². The van der Waals surface area contributed by atoms with Gasteiger partial charge in [0.15, 0.2) is 5.13 Å². The van der Waals surface area contributed by atoms with E-state index in [4.69, 9.17) is 11.6 Å². The number of hydrogen-bond donors (Lipinski definition) is 1. The first-order chi connectivity index (χ1) is 16.4. The first-order valence-electron chi connectivity index (χ1n) is 10.6. The Hall–Kier alpha value is -3.55. The van der Waals surface area contributed by atoms with Gasteiger partial charge in [0.2, 0.25) is 0 Å². The number of rotatable bonds is 4. The lowest BCUT2D eigenvalue weighted by Gasteiger charge is -2.23. The number of halogens is 2. The van der Waals surface area contributed by atoms with Gasteiger partial charge >= 0.3 is 5.91 Å². The molecule has 0 spiro atoms. The number of benzene rings is 3. The van der Waals surface area contributed by atoms with Crippen LogP contribution in [-0.2, 0) is 16.0 Å². The molecule has 1 aromatic heterocycles. The summed E-state index contributed by atoms with van der Waals surface area (Å²) in [5, 5.41) is 11.9. The maximum Gasteiger partial charge on any atom is 0.301 e. The number of anilines is 1. The van der Waals surface area contributed by atoms with Crippen molar-refractivity contribution in [2.45, 2.75) is 19.4 Å².